The van der Waals surface area contributed by atoms with Crippen LogP contribution in [0.4, 0.5) is 5.69 Å². The van der Waals surface area contributed by atoms with Gasteiger partial charge >= 0.3 is 0 Å². The molecule has 2 aliphatic rings. The minimum absolute atomic E-state index is 0.000427. The number of hydrogen-bond donors (Lipinski definition) is 3. The van der Waals surface area contributed by atoms with Crippen LogP contribution >= 0.6 is 0 Å². The first-order chi connectivity index (χ1) is 16.5. The van der Waals surface area contributed by atoms with Crippen LogP contribution in [-0.4, -0.2) is 28.9 Å². The lowest BCUT2D eigenvalue weighted by molar-refractivity contribution is -0.116. The van der Waals surface area contributed by atoms with Crippen molar-refractivity contribution in [2.45, 2.75) is 44.6 Å². The van der Waals surface area contributed by atoms with E-state index in [1.807, 2.05) is 59.5 Å². The number of hydrazine groups is 1. The Labute approximate surface area is 202 Å². The van der Waals surface area contributed by atoms with E-state index in [2.05, 4.69) is 11.5 Å². The number of fused-ring (bicyclic) bond motifs is 1. The van der Waals surface area contributed by atoms with Gasteiger partial charge in [0.2, 0.25) is 5.91 Å². The molecule has 2 aromatic rings. The lowest BCUT2D eigenvalue weighted by Crippen LogP contribution is -2.41. The molecule has 178 valence electrons. The third kappa shape index (κ3) is 5.70. The Kier molecular flexibility index (Phi) is 7.71. The van der Waals surface area contributed by atoms with Crippen molar-refractivity contribution in [2.75, 3.05) is 18.4 Å². The number of anilines is 1. The van der Waals surface area contributed by atoms with E-state index in [0.29, 0.717) is 24.1 Å². The first kappa shape index (κ1) is 23.7. The molecule has 7 nitrogen and oxygen atoms in total. The van der Waals surface area contributed by atoms with Crippen molar-refractivity contribution < 1.29 is 4.79 Å². The van der Waals surface area contributed by atoms with Gasteiger partial charge in [-0.05, 0) is 41.9 Å². The maximum Gasteiger partial charge on any atom is 0.226 e. The zero-order chi connectivity index (χ0) is 23.9. The fraction of sp³-hybridized carbons (Fsp3) is 0.407. The molecule has 1 aliphatic heterocycles. The van der Waals surface area contributed by atoms with Crippen LogP contribution in [0.25, 0.3) is 5.70 Å². The zero-order valence-corrected chi connectivity index (χ0v) is 19.6. The van der Waals surface area contributed by atoms with E-state index in [4.69, 9.17) is 11.6 Å². The van der Waals surface area contributed by atoms with Gasteiger partial charge in [0.15, 0.2) is 6.19 Å². The van der Waals surface area contributed by atoms with Gasteiger partial charge in [0.25, 0.3) is 0 Å². The van der Waals surface area contributed by atoms with Gasteiger partial charge in [0.1, 0.15) is 0 Å². The zero-order valence-electron chi connectivity index (χ0n) is 19.6. The number of carbonyl (C=O) groups is 1. The number of rotatable bonds is 7. The van der Waals surface area contributed by atoms with Gasteiger partial charge in [-0.1, -0.05) is 67.8 Å². The molecule has 1 saturated heterocycles. The van der Waals surface area contributed by atoms with Crippen LogP contribution in [0.1, 0.15) is 55.7 Å². The normalized spacial score (nSPS) is 22.4. The van der Waals surface area contributed by atoms with Gasteiger partial charge < -0.3 is 21.0 Å². The number of nitrogens with two attached hydrogens (primary N) is 2. The average molecular weight is 459 g/mol. The molecular formula is C27H34N6O. The Balaban J connectivity index is 1.39. The van der Waals surface area contributed by atoms with Crippen LogP contribution in [0.15, 0.2) is 60.8 Å². The van der Waals surface area contributed by atoms with E-state index >= 15 is 0 Å². The molecule has 0 aromatic heterocycles. The molecule has 1 heterocycles. The summed E-state index contributed by atoms with van der Waals surface area (Å²) in [6.07, 6.45) is 10.2. The van der Waals surface area contributed by atoms with Gasteiger partial charge in [-0.3, -0.25) is 4.79 Å². The Morgan fingerprint density at radius 1 is 1.12 bits per heavy atom. The summed E-state index contributed by atoms with van der Waals surface area (Å²) in [7, 11) is 0. The SMILES string of the molecule is N#CN1CC2CCCCC2CC1c1ccccc1NC(=O)CCN(N)/C=C(\N)c1ccccc1. The van der Waals surface area contributed by atoms with E-state index in [1.54, 1.807) is 6.20 Å². The van der Waals surface area contributed by atoms with Crippen molar-refractivity contribution in [3.63, 3.8) is 0 Å². The molecule has 1 saturated carbocycles. The molecule has 2 aromatic carbocycles. The van der Waals surface area contributed by atoms with Crippen LogP contribution in [0, 0.1) is 23.3 Å². The number of amides is 1. The second-order valence-corrected chi connectivity index (χ2v) is 9.38. The Morgan fingerprint density at radius 3 is 2.59 bits per heavy atom. The highest BCUT2D eigenvalue weighted by Gasteiger charge is 2.37. The van der Waals surface area contributed by atoms with Crippen LogP contribution in [0.5, 0.6) is 0 Å². The minimum atomic E-state index is -0.121. The highest BCUT2D eigenvalue weighted by molar-refractivity contribution is 5.91. The predicted molar refractivity (Wildman–Crippen MR) is 134 cm³/mol. The number of benzene rings is 2. The standard InChI is InChI=1S/C27H34N6O/c28-19-32-17-22-11-5-4-10-21(22)16-26(32)23-12-6-7-13-25(23)31-27(34)14-15-33(30)18-24(29)20-8-2-1-3-9-20/h1-3,6-9,12-13,18,21-22,26H,4-5,10-11,14-17,29-30H2,(H,31,34)/b24-18-. The van der Waals surface area contributed by atoms with Crippen LogP contribution in [0.2, 0.25) is 0 Å². The molecule has 3 unspecified atom stereocenters. The maximum absolute atomic E-state index is 12.8. The maximum atomic E-state index is 12.8. The molecule has 3 atom stereocenters. The molecule has 0 bridgehead atoms. The van der Waals surface area contributed by atoms with Crippen molar-refractivity contribution >= 4 is 17.3 Å². The second kappa shape index (κ2) is 11.1. The molecule has 1 amide bonds. The number of nitrogens with zero attached hydrogens (tertiary/aromatic N) is 3. The van der Waals surface area contributed by atoms with E-state index in [1.165, 1.54) is 30.7 Å². The van der Waals surface area contributed by atoms with E-state index < -0.39 is 0 Å². The lowest BCUT2D eigenvalue weighted by Gasteiger charge is -2.44. The molecule has 4 rings (SSSR count). The van der Waals surface area contributed by atoms with Crippen LogP contribution in [-0.2, 0) is 4.79 Å². The van der Waals surface area contributed by atoms with Crippen molar-refractivity contribution in [3.05, 3.63) is 71.9 Å². The number of hydrogen-bond acceptors (Lipinski definition) is 6. The summed E-state index contributed by atoms with van der Waals surface area (Å²) in [5.74, 6) is 7.19. The highest BCUT2D eigenvalue weighted by atomic mass is 16.1. The third-order valence-electron chi connectivity index (χ3n) is 7.13. The fourth-order valence-corrected chi connectivity index (χ4v) is 5.33. The van der Waals surface area contributed by atoms with Crippen LogP contribution in [0.3, 0.4) is 0 Å². The molecule has 2 fully saturated rings. The lowest BCUT2D eigenvalue weighted by atomic mass is 9.72. The van der Waals surface area contributed by atoms with E-state index in [-0.39, 0.29) is 18.4 Å². The molecule has 5 N–H and O–H groups in total. The van der Waals surface area contributed by atoms with Gasteiger partial charge in [0.05, 0.1) is 11.7 Å². The third-order valence-corrected chi connectivity index (χ3v) is 7.13. The molecule has 1 aliphatic carbocycles. The molecule has 0 radical (unpaired) electrons. The van der Waals surface area contributed by atoms with Crippen molar-refractivity contribution in [3.8, 4) is 6.19 Å². The van der Waals surface area contributed by atoms with Crippen molar-refractivity contribution in [1.82, 2.24) is 9.91 Å². The molecule has 7 heteroatoms. The van der Waals surface area contributed by atoms with Crippen LogP contribution < -0.4 is 16.9 Å². The van der Waals surface area contributed by atoms with Gasteiger partial charge in [-0.15, -0.1) is 0 Å². The Hall–Kier alpha value is -3.50. The van der Waals surface area contributed by atoms with E-state index in [9.17, 15) is 10.1 Å². The summed E-state index contributed by atoms with van der Waals surface area (Å²) in [5, 5.41) is 14.3. The van der Waals surface area contributed by atoms with Gasteiger partial charge in [-0.2, -0.15) is 5.26 Å². The molecule has 34 heavy (non-hydrogen) atoms. The van der Waals surface area contributed by atoms with Gasteiger partial charge in [-0.25, -0.2) is 5.84 Å². The summed E-state index contributed by atoms with van der Waals surface area (Å²) in [4.78, 5) is 14.7. The quantitative estimate of drug-likeness (QED) is 0.326. The Bertz CT molecular complexity index is 1050. The van der Waals surface area contributed by atoms with Crippen molar-refractivity contribution in [2.24, 2.45) is 23.4 Å². The summed E-state index contributed by atoms with van der Waals surface area (Å²) < 4.78 is 0. The van der Waals surface area contributed by atoms with Gasteiger partial charge in [0, 0.05) is 31.4 Å². The minimum Gasteiger partial charge on any atom is -0.397 e. The number of likely N-dealkylation sites (tertiary alicyclic amines) is 1. The summed E-state index contributed by atoms with van der Waals surface area (Å²) in [6.45, 7) is 1.14. The summed E-state index contributed by atoms with van der Waals surface area (Å²) in [6, 6.07) is 17.4. The number of nitriles is 1. The number of piperidine rings is 1. The first-order valence-corrected chi connectivity index (χ1v) is 12.1. The fourth-order valence-electron chi connectivity index (χ4n) is 5.33. The largest absolute Gasteiger partial charge is 0.397 e. The first-order valence-electron chi connectivity index (χ1n) is 12.1. The molecule has 0 spiro atoms. The smallest absolute Gasteiger partial charge is 0.226 e. The second-order valence-electron chi connectivity index (χ2n) is 9.38. The number of nitrogens with one attached hydrogen (secondary N) is 1. The monoisotopic (exact) mass is 458 g/mol. The highest BCUT2D eigenvalue weighted by Crippen LogP contribution is 2.44. The predicted octanol–water partition coefficient (Wildman–Crippen LogP) is 4.18. The topological polar surface area (TPSA) is 111 Å². The average Bonchev–Trinajstić information content (AvgIpc) is 2.87. The summed E-state index contributed by atoms with van der Waals surface area (Å²) >= 11 is 0. The van der Waals surface area contributed by atoms with E-state index in [0.717, 1.165) is 29.8 Å². The number of para-hydroxylation sites is 1. The summed E-state index contributed by atoms with van der Waals surface area (Å²) in [5.41, 5.74) is 9.32. The number of carbonyl (C=O) groups excluding carboxylic acids is 1. The Morgan fingerprint density at radius 2 is 1.82 bits per heavy atom. The molecular weight excluding hydrogens is 424 g/mol. The van der Waals surface area contributed by atoms with Crippen molar-refractivity contribution in [1.29, 1.82) is 5.26 Å².